The van der Waals surface area contributed by atoms with Crippen molar-refractivity contribution in [2.45, 2.75) is 34.1 Å². The van der Waals surface area contributed by atoms with Crippen LogP contribution in [-0.2, 0) is 23.6 Å². The summed E-state index contributed by atoms with van der Waals surface area (Å²) < 4.78 is 0. The molecule has 6 N–H and O–H groups in total. The van der Waals surface area contributed by atoms with Gasteiger partial charge in [-0.05, 0) is 23.6 Å². The van der Waals surface area contributed by atoms with Crippen LogP contribution in [0.4, 0.5) is 0 Å². The summed E-state index contributed by atoms with van der Waals surface area (Å²) in [7, 11) is 0. The number of rotatable bonds is 0. The molecule has 0 aromatic rings. The highest BCUT2D eigenvalue weighted by molar-refractivity contribution is 8.06. The lowest BCUT2D eigenvalue weighted by molar-refractivity contribution is 0.361. The van der Waals surface area contributed by atoms with Crippen LogP contribution in [-0.4, -0.2) is 29.4 Å². The van der Waals surface area contributed by atoms with Crippen molar-refractivity contribution in [3.05, 3.63) is 0 Å². The van der Waals surface area contributed by atoms with Crippen LogP contribution < -0.4 is 0 Å². The maximum Gasteiger partial charge on any atom is 0.319 e. The quantitative estimate of drug-likeness (QED) is 0.364. The molecule has 0 heterocycles. The predicted octanol–water partition coefficient (Wildman–Crippen LogP) is 0.818. The molecule has 0 saturated heterocycles. The molecule has 15 heavy (non-hydrogen) atoms. The van der Waals surface area contributed by atoms with E-state index in [1.54, 1.807) is 0 Å². The third-order valence-corrected chi connectivity index (χ3v) is 0. The minimum atomic E-state index is -3.81. The molecule has 0 amide bonds. The van der Waals surface area contributed by atoms with Gasteiger partial charge in [0, 0.05) is 0 Å². The van der Waals surface area contributed by atoms with Crippen molar-refractivity contribution >= 4 is 37.1 Å². The Kier molecular flexibility index (Phi) is 25.1. The molecule has 0 atom stereocenters. The third-order valence-electron chi connectivity index (χ3n) is 0. The molecular formula is C5H20O6P2S2. The minimum Gasteiger partial charge on any atom is -0.325 e. The van der Waals surface area contributed by atoms with Crippen molar-refractivity contribution < 1.29 is 29.4 Å². The lowest BCUT2D eigenvalue weighted by Crippen LogP contribution is -1.65. The average molecular weight is 302 g/mol. The summed E-state index contributed by atoms with van der Waals surface area (Å²) in [5, 5.41) is 0. The molecule has 98 valence electrons. The van der Waals surface area contributed by atoms with Crippen molar-refractivity contribution in [1.29, 1.82) is 0 Å². The summed E-state index contributed by atoms with van der Waals surface area (Å²) in [6, 6.07) is 0. The summed E-state index contributed by atoms with van der Waals surface area (Å²) >= 11 is 7.21. The molecule has 0 aliphatic carbocycles. The Morgan fingerprint density at radius 2 is 0.733 bits per heavy atom. The first-order valence-electron chi connectivity index (χ1n) is 3.98. The molecule has 10 heteroatoms. The molecule has 0 saturated carbocycles. The third kappa shape index (κ3) is 2290. The van der Waals surface area contributed by atoms with E-state index in [-0.39, 0.29) is 0 Å². The molecule has 0 rings (SSSR count). The van der Waals surface area contributed by atoms with Crippen LogP contribution >= 0.6 is 13.4 Å². The van der Waals surface area contributed by atoms with Gasteiger partial charge in [0.1, 0.15) is 0 Å². The van der Waals surface area contributed by atoms with Crippen LogP contribution in [0.1, 0.15) is 34.1 Å². The molecular weight excluding hydrogens is 282 g/mol. The van der Waals surface area contributed by atoms with Crippen LogP contribution in [0.3, 0.4) is 0 Å². The lowest BCUT2D eigenvalue weighted by Gasteiger charge is -1.88. The van der Waals surface area contributed by atoms with Crippen molar-refractivity contribution in [2.75, 3.05) is 0 Å². The molecule has 0 unspecified atom stereocenters. The Morgan fingerprint density at radius 3 is 0.733 bits per heavy atom. The number of hydrogen-bond donors (Lipinski definition) is 6. The van der Waals surface area contributed by atoms with E-state index >= 15 is 0 Å². The first-order valence-corrected chi connectivity index (χ1v) is 9.30. The summed E-state index contributed by atoms with van der Waals surface area (Å²) in [6.07, 6.45) is 1.25. The lowest BCUT2D eigenvalue weighted by atomic mass is 10.6. The topological polar surface area (TPSA) is 121 Å². The van der Waals surface area contributed by atoms with E-state index in [1.165, 1.54) is 6.42 Å². The SMILES string of the molecule is CC.CCC.OP(O)(O)=S.OP(O)(O)=S. The average Bonchev–Trinajstić information content (AvgIpc) is 1.84. The fraction of sp³-hybridized carbons (Fsp3) is 1.00. The standard InChI is InChI=1S/C3H8.C2H6.2H3O3PS/c1-3-2;1-2;2*1-4(2,3)5/h3H2,1-2H3;1-2H3;2*(H3,1,2,3,5). The highest BCUT2D eigenvalue weighted by Gasteiger charge is 1.92. The van der Waals surface area contributed by atoms with Crippen molar-refractivity contribution in [3.8, 4) is 0 Å². The van der Waals surface area contributed by atoms with Crippen molar-refractivity contribution in [2.24, 2.45) is 0 Å². The maximum absolute atomic E-state index is 7.56. The molecule has 0 aromatic carbocycles. The predicted molar refractivity (Wildman–Crippen MR) is 69.2 cm³/mol. The van der Waals surface area contributed by atoms with Gasteiger partial charge in [-0.3, -0.25) is 0 Å². The molecule has 0 spiro atoms. The van der Waals surface area contributed by atoms with Gasteiger partial charge in [-0.25, -0.2) is 0 Å². The summed E-state index contributed by atoms with van der Waals surface area (Å²) in [4.78, 5) is 45.3. The van der Waals surface area contributed by atoms with Gasteiger partial charge in [-0.1, -0.05) is 34.1 Å². The van der Waals surface area contributed by atoms with Crippen LogP contribution in [0, 0.1) is 0 Å². The van der Waals surface area contributed by atoms with E-state index in [0.717, 1.165) is 0 Å². The van der Waals surface area contributed by atoms with Crippen LogP contribution in [0.15, 0.2) is 0 Å². The van der Waals surface area contributed by atoms with E-state index < -0.39 is 13.4 Å². The van der Waals surface area contributed by atoms with E-state index in [9.17, 15) is 0 Å². The molecule has 0 radical (unpaired) electrons. The van der Waals surface area contributed by atoms with Gasteiger partial charge in [-0.2, -0.15) is 0 Å². The van der Waals surface area contributed by atoms with Gasteiger partial charge < -0.3 is 29.4 Å². The Hall–Kier alpha value is 1.06. The molecule has 0 aliphatic rings. The van der Waals surface area contributed by atoms with E-state index in [0.29, 0.717) is 0 Å². The maximum atomic E-state index is 7.56. The Morgan fingerprint density at radius 1 is 0.733 bits per heavy atom. The van der Waals surface area contributed by atoms with E-state index in [4.69, 9.17) is 29.4 Å². The highest BCUT2D eigenvalue weighted by Crippen LogP contribution is 2.26. The fourth-order valence-corrected chi connectivity index (χ4v) is 0. The van der Waals surface area contributed by atoms with Gasteiger partial charge in [0.05, 0.1) is 0 Å². The number of hydrogen-bond acceptors (Lipinski definition) is 2. The zero-order valence-electron chi connectivity index (χ0n) is 9.10. The van der Waals surface area contributed by atoms with Gasteiger partial charge in [-0.15, -0.1) is 0 Å². The minimum absolute atomic E-state index is 1.25. The largest absolute Gasteiger partial charge is 0.325 e. The second kappa shape index (κ2) is 15.1. The molecule has 0 fully saturated rings. The van der Waals surface area contributed by atoms with Crippen molar-refractivity contribution in [3.63, 3.8) is 0 Å². The Bertz CT molecular complexity index is 151. The zero-order chi connectivity index (χ0) is 13.7. The van der Waals surface area contributed by atoms with E-state index in [1.807, 2.05) is 13.8 Å². The first kappa shape index (κ1) is 25.0. The van der Waals surface area contributed by atoms with Crippen LogP contribution in [0.2, 0.25) is 0 Å². The monoisotopic (exact) mass is 302 g/mol. The van der Waals surface area contributed by atoms with Crippen LogP contribution in [0.5, 0.6) is 0 Å². The summed E-state index contributed by atoms with van der Waals surface area (Å²) in [5.41, 5.74) is 0. The van der Waals surface area contributed by atoms with Gasteiger partial charge >= 0.3 is 13.4 Å². The first-order chi connectivity index (χ1) is 6.41. The molecule has 0 aromatic heterocycles. The Balaban J connectivity index is -0.0000000574. The molecule has 6 nitrogen and oxygen atoms in total. The summed E-state index contributed by atoms with van der Waals surface area (Å²) in [5.74, 6) is 0. The highest BCUT2D eigenvalue weighted by atomic mass is 32.5. The smallest absolute Gasteiger partial charge is 0.319 e. The second-order valence-electron chi connectivity index (χ2n) is 1.73. The van der Waals surface area contributed by atoms with Crippen LogP contribution in [0.25, 0.3) is 0 Å². The van der Waals surface area contributed by atoms with Crippen molar-refractivity contribution in [1.82, 2.24) is 0 Å². The van der Waals surface area contributed by atoms with Gasteiger partial charge in [0.2, 0.25) is 0 Å². The van der Waals surface area contributed by atoms with Gasteiger partial charge in [0.25, 0.3) is 0 Å². The van der Waals surface area contributed by atoms with Gasteiger partial charge in [0.15, 0.2) is 0 Å². The normalized spacial score (nSPS) is 9.47. The van der Waals surface area contributed by atoms with E-state index in [2.05, 4.69) is 37.5 Å². The zero-order valence-corrected chi connectivity index (χ0v) is 12.5. The summed E-state index contributed by atoms with van der Waals surface area (Å²) in [6.45, 7) is 0.639. The Labute approximate surface area is 101 Å². The second-order valence-corrected chi connectivity index (χ2v) is 6.73. The fourth-order valence-electron chi connectivity index (χ4n) is 0. The molecule has 0 bridgehead atoms. The molecule has 0 aliphatic heterocycles.